The Morgan fingerprint density at radius 2 is 1.24 bits per heavy atom. The molecule has 0 aromatic heterocycles. The molecule has 4 rings (SSSR count). The molecule has 1 atom stereocenters. The zero-order valence-corrected chi connectivity index (χ0v) is 28.9. The molecule has 0 fully saturated rings. The van der Waals surface area contributed by atoms with E-state index in [-0.39, 0.29) is 36.7 Å². The molecule has 1 aliphatic carbocycles. The van der Waals surface area contributed by atoms with E-state index in [4.69, 9.17) is 0 Å². The van der Waals surface area contributed by atoms with Crippen molar-refractivity contribution in [1.29, 1.82) is 0 Å². The fourth-order valence-electron chi connectivity index (χ4n) is 6.79. The molecule has 0 spiro atoms. The molecule has 1 unspecified atom stereocenters. The quantitative estimate of drug-likeness (QED) is 0.175. The van der Waals surface area contributed by atoms with E-state index in [2.05, 4.69) is 106 Å². The molecule has 3 aromatic rings. The Morgan fingerprint density at radius 3 is 1.78 bits per heavy atom. The Morgan fingerprint density at radius 1 is 0.703 bits per heavy atom. The van der Waals surface area contributed by atoms with Crippen LogP contribution in [0.3, 0.4) is 0 Å². The normalized spacial score (nSPS) is 15.6. The summed E-state index contributed by atoms with van der Waals surface area (Å²) in [6.45, 7) is 23.7. The van der Waals surface area contributed by atoms with Crippen LogP contribution < -0.4 is 0 Å². The van der Waals surface area contributed by atoms with Gasteiger partial charge in [-0.05, 0) is 58.8 Å². The van der Waals surface area contributed by atoms with Crippen LogP contribution in [0.25, 0.3) is 16.8 Å². The molecule has 0 amide bonds. The number of benzene rings is 2. The van der Waals surface area contributed by atoms with E-state index < -0.39 is 0 Å². The van der Waals surface area contributed by atoms with E-state index in [9.17, 15) is 0 Å². The van der Waals surface area contributed by atoms with E-state index in [0.717, 1.165) is 32.1 Å². The molecule has 1 heteroatoms. The van der Waals surface area contributed by atoms with Gasteiger partial charge in [-0.1, -0.05) is 117 Å². The first-order chi connectivity index (χ1) is 17.0. The summed E-state index contributed by atoms with van der Waals surface area (Å²) in [6, 6.07) is 12.2. The Balaban J connectivity index is 0.00000380. The second kappa shape index (κ2) is 11.4. The maximum Gasteiger partial charge on any atom is 0.00612 e. The Kier molecular flexibility index (Phi) is 9.32. The van der Waals surface area contributed by atoms with Gasteiger partial charge in [0.25, 0.3) is 0 Å². The maximum atomic E-state index is 2.58. The van der Waals surface area contributed by atoms with E-state index in [1.807, 2.05) is 0 Å². The van der Waals surface area contributed by atoms with Crippen LogP contribution in [0.2, 0.25) is 0 Å². The average Bonchev–Trinajstić information content (AvgIpc) is 3.41. The van der Waals surface area contributed by atoms with Crippen LogP contribution in [-0.4, -0.2) is 0 Å². The molecule has 1 aliphatic rings. The van der Waals surface area contributed by atoms with Gasteiger partial charge in [0.15, 0.2) is 0 Å². The van der Waals surface area contributed by atoms with Crippen molar-refractivity contribution in [3.05, 3.63) is 80.4 Å². The van der Waals surface area contributed by atoms with Crippen LogP contribution in [0.5, 0.6) is 0 Å². The number of fused-ring (bicyclic) bond motifs is 2. The molecule has 0 heterocycles. The SMILES string of the molecule is CCc1ccc(CC)c2c1C=C(C(C)(C)C)C2CC[c-]1c(C(C)(C)C)cc2c(CC)ccc(CC)c21.[Hf]. The third-order valence-corrected chi connectivity index (χ3v) is 8.71. The molecule has 0 bridgehead atoms. The standard InChI is InChI=1S/C36H49.Hf/c1-11-23-15-17-25(13-3)33-27(31(21-29(23)33)35(5,6)7)19-20-28-32(36(8,9)10)22-30-24(12-2)16-18-26(14-4)34(28)30;/h15-18,21-22,27H,11-14,19-20H2,1-10H3;/q-1;. The molecule has 0 aliphatic heterocycles. The molecule has 0 nitrogen and oxygen atoms in total. The van der Waals surface area contributed by atoms with Crippen molar-refractivity contribution >= 4 is 16.8 Å². The van der Waals surface area contributed by atoms with E-state index in [1.54, 1.807) is 33.2 Å². The van der Waals surface area contributed by atoms with Gasteiger partial charge < -0.3 is 0 Å². The Labute approximate surface area is 246 Å². The van der Waals surface area contributed by atoms with Crippen molar-refractivity contribution in [2.45, 2.75) is 119 Å². The number of aryl methyl sites for hydroxylation is 5. The fourth-order valence-corrected chi connectivity index (χ4v) is 6.79. The van der Waals surface area contributed by atoms with Gasteiger partial charge in [0.1, 0.15) is 0 Å². The second-order valence-corrected chi connectivity index (χ2v) is 13.0. The summed E-state index contributed by atoms with van der Waals surface area (Å²) < 4.78 is 0. The molecule has 3 aromatic carbocycles. The maximum absolute atomic E-state index is 2.58. The van der Waals surface area contributed by atoms with Gasteiger partial charge in [0.05, 0.1) is 0 Å². The number of hydrogen-bond donors (Lipinski definition) is 0. The molecule has 37 heavy (non-hydrogen) atoms. The third kappa shape index (κ3) is 5.54. The van der Waals surface area contributed by atoms with Crippen LogP contribution in [0.4, 0.5) is 0 Å². The second-order valence-electron chi connectivity index (χ2n) is 13.0. The zero-order valence-electron chi connectivity index (χ0n) is 25.3. The molecule has 0 N–H and O–H groups in total. The van der Waals surface area contributed by atoms with Crippen molar-refractivity contribution in [1.82, 2.24) is 0 Å². The van der Waals surface area contributed by atoms with Crippen LogP contribution in [0, 0.1) is 5.41 Å². The summed E-state index contributed by atoms with van der Waals surface area (Å²) in [7, 11) is 0. The first kappa shape index (κ1) is 30.2. The first-order valence-electron chi connectivity index (χ1n) is 14.6. The zero-order chi connectivity index (χ0) is 26.4. The Bertz CT molecular complexity index is 1280. The van der Waals surface area contributed by atoms with Crippen molar-refractivity contribution in [3.8, 4) is 0 Å². The van der Waals surface area contributed by atoms with E-state index in [1.165, 1.54) is 34.1 Å². The van der Waals surface area contributed by atoms with Gasteiger partial charge in [-0.25, -0.2) is 0 Å². The fraction of sp³-hybridized carbons (Fsp3) is 0.528. The predicted molar refractivity (Wildman–Crippen MR) is 161 cm³/mol. The third-order valence-electron chi connectivity index (χ3n) is 8.71. The van der Waals surface area contributed by atoms with Crippen molar-refractivity contribution < 1.29 is 25.8 Å². The number of allylic oxidation sites excluding steroid dienone is 1. The largest absolute Gasteiger partial charge is 0.164 e. The monoisotopic (exact) mass is 661 g/mol. The van der Waals surface area contributed by atoms with Crippen LogP contribution >= 0.6 is 0 Å². The van der Waals surface area contributed by atoms with Crippen molar-refractivity contribution in [2.75, 3.05) is 0 Å². The molecular formula is C36H49Hf-. The van der Waals surface area contributed by atoms with Gasteiger partial charge in [-0.2, -0.15) is 6.07 Å². The Hall–Kier alpha value is -1.34. The first-order valence-corrected chi connectivity index (χ1v) is 14.6. The van der Waals surface area contributed by atoms with Gasteiger partial charge in [-0.15, -0.1) is 33.5 Å². The summed E-state index contributed by atoms with van der Waals surface area (Å²) in [4.78, 5) is 0. The van der Waals surface area contributed by atoms with Crippen LogP contribution in [-0.2, 0) is 63.4 Å². The topological polar surface area (TPSA) is 0 Å². The summed E-state index contributed by atoms with van der Waals surface area (Å²) in [5, 5.41) is 3.08. The van der Waals surface area contributed by atoms with E-state index >= 15 is 0 Å². The average molecular weight is 660 g/mol. The van der Waals surface area contributed by atoms with Crippen LogP contribution in [0.15, 0.2) is 35.9 Å². The molecular weight excluding hydrogens is 611 g/mol. The van der Waals surface area contributed by atoms with Gasteiger partial charge >= 0.3 is 0 Å². The van der Waals surface area contributed by atoms with Crippen LogP contribution in [0.1, 0.15) is 126 Å². The smallest absolute Gasteiger partial charge is 0.00612 e. The molecule has 198 valence electrons. The minimum Gasteiger partial charge on any atom is -0.164 e. The van der Waals surface area contributed by atoms with Crippen molar-refractivity contribution in [3.63, 3.8) is 0 Å². The van der Waals surface area contributed by atoms with Gasteiger partial charge in [0, 0.05) is 31.8 Å². The molecule has 0 radical (unpaired) electrons. The predicted octanol–water partition coefficient (Wildman–Crippen LogP) is 10.3. The number of hydrogen-bond acceptors (Lipinski definition) is 0. The summed E-state index contributed by atoms with van der Waals surface area (Å²) >= 11 is 0. The van der Waals surface area contributed by atoms with E-state index in [0.29, 0.717) is 5.92 Å². The molecule has 0 saturated heterocycles. The summed E-state index contributed by atoms with van der Waals surface area (Å²) in [5.41, 5.74) is 14.4. The summed E-state index contributed by atoms with van der Waals surface area (Å²) in [6.07, 6.45) is 9.33. The number of rotatable bonds is 7. The van der Waals surface area contributed by atoms with Crippen molar-refractivity contribution in [2.24, 2.45) is 5.41 Å². The molecule has 0 saturated carbocycles. The minimum absolute atomic E-state index is 0. The van der Waals surface area contributed by atoms with Gasteiger partial charge in [0.2, 0.25) is 0 Å². The van der Waals surface area contributed by atoms with Gasteiger partial charge in [-0.3, -0.25) is 0 Å². The summed E-state index contributed by atoms with van der Waals surface area (Å²) in [5.74, 6) is 0.513. The minimum atomic E-state index is 0.